The Kier molecular flexibility index (Phi) is 6.78. The summed E-state index contributed by atoms with van der Waals surface area (Å²) in [6.45, 7) is 8.05. The lowest BCUT2D eigenvalue weighted by atomic mass is 10.1. The van der Waals surface area contributed by atoms with Crippen LogP contribution in [0.5, 0.6) is 0 Å². The van der Waals surface area contributed by atoms with E-state index in [1.54, 1.807) is 0 Å². The highest BCUT2D eigenvalue weighted by molar-refractivity contribution is 7.89. The fourth-order valence-electron chi connectivity index (χ4n) is 3.73. The largest absolute Gasteiger partial charge is 0.336 e. The summed E-state index contributed by atoms with van der Waals surface area (Å²) in [5, 5.41) is 7.88. The van der Waals surface area contributed by atoms with E-state index in [1.807, 2.05) is 48.8 Å². The Morgan fingerprint density at radius 1 is 0.968 bits per heavy atom. The Bertz CT molecular complexity index is 1050. The normalized spacial score (nSPS) is 16.1. The maximum Gasteiger partial charge on any atom is 0.253 e. The predicted octanol–water partition coefficient (Wildman–Crippen LogP) is 1.74. The van der Waals surface area contributed by atoms with E-state index in [4.69, 9.17) is 5.14 Å². The van der Waals surface area contributed by atoms with E-state index in [0.717, 1.165) is 11.1 Å². The number of nitrogens with two attached hydrogens (primary N) is 1. The number of piperazine rings is 1. The highest BCUT2D eigenvalue weighted by atomic mass is 32.2. The van der Waals surface area contributed by atoms with Crippen LogP contribution in [-0.2, 0) is 14.8 Å². The van der Waals surface area contributed by atoms with Gasteiger partial charge < -0.3 is 10.2 Å². The molecule has 1 heterocycles. The summed E-state index contributed by atoms with van der Waals surface area (Å²) < 4.78 is 22.7. The minimum atomic E-state index is -3.77. The number of hydrogen-bond donors (Lipinski definition) is 2. The van der Waals surface area contributed by atoms with Crippen LogP contribution in [0.1, 0.15) is 28.4 Å². The smallest absolute Gasteiger partial charge is 0.253 e. The highest BCUT2D eigenvalue weighted by Gasteiger charge is 2.28. The number of hydrogen-bond acceptors (Lipinski definition) is 5. The van der Waals surface area contributed by atoms with Crippen LogP contribution in [0.4, 0.5) is 5.69 Å². The number of nitrogens with one attached hydrogen (secondary N) is 1. The lowest BCUT2D eigenvalue weighted by molar-refractivity contribution is -0.121. The predicted molar refractivity (Wildman–Crippen MR) is 119 cm³/mol. The van der Waals surface area contributed by atoms with Gasteiger partial charge >= 0.3 is 0 Å². The summed E-state index contributed by atoms with van der Waals surface area (Å²) in [5.41, 5.74) is 3.31. The van der Waals surface area contributed by atoms with Crippen LogP contribution in [0, 0.1) is 13.8 Å². The molecule has 0 saturated carbocycles. The lowest BCUT2D eigenvalue weighted by Gasteiger charge is -2.37. The van der Waals surface area contributed by atoms with Crippen molar-refractivity contribution in [2.45, 2.75) is 31.7 Å². The Balaban J connectivity index is 1.56. The standard InChI is InChI=1S/C22H28N4O4S/c1-15-12-16(2)14-18(13-15)22(28)26-10-8-25(9-11-26)17(3)21(27)24-19-4-6-20(7-5-19)31(23,29)30/h4-7,12-14,17H,8-11H2,1-3H3,(H,24,27)(H2,23,29,30). The lowest BCUT2D eigenvalue weighted by Crippen LogP contribution is -2.54. The molecule has 2 aromatic rings. The number of nitrogens with zero attached hydrogens (tertiary/aromatic N) is 2. The average molecular weight is 445 g/mol. The third-order valence-electron chi connectivity index (χ3n) is 5.45. The van der Waals surface area contributed by atoms with E-state index >= 15 is 0 Å². The summed E-state index contributed by atoms with van der Waals surface area (Å²) in [6.07, 6.45) is 0. The van der Waals surface area contributed by atoms with Crippen LogP contribution in [0.3, 0.4) is 0 Å². The molecule has 3 N–H and O–H groups in total. The van der Waals surface area contributed by atoms with Crippen LogP contribution in [0.15, 0.2) is 47.4 Å². The molecule has 0 bridgehead atoms. The van der Waals surface area contributed by atoms with Crippen molar-refractivity contribution in [1.29, 1.82) is 0 Å². The van der Waals surface area contributed by atoms with Crippen molar-refractivity contribution < 1.29 is 18.0 Å². The van der Waals surface area contributed by atoms with Gasteiger partial charge in [-0.15, -0.1) is 0 Å². The molecule has 9 heteroatoms. The number of carbonyl (C=O) groups excluding carboxylic acids is 2. The molecule has 2 amide bonds. The summed E-state index contributed by atoms with van der Waals surface area (Å²) >= 11 is 0. The van der Waals surface area contributed by atoms with Gasteiger partial charge in [-0.05, 0) is 57.2 Å². The van der Waals surface area contributed by atoms with E-state index in [2.05, 4.69) is 5.32 Å². The van der Waals surface area contributed by atoms with E-state index in [9.17, 15) is 18.0 Å². The van der Waals surface area contributed by atoms with Crippen LogP contribution in [0.2, 0.25) is 0 Å². The molecule has 1 aliphatic heterocycles. The molecular formula is C22H28N4O4S. The molecule has 1 atom stereocenters. The van der Waals surface area contributed by atoms with Crippen molar-refractivity contribution in [3.8, 4) is 0 Å². The zero-order valence-electron chi connectivity index (χ0n) is 18.0. The fourth-order valence-corrected chi connectivity index (χ4v) is 4.25. The van der Waals surface area contributed by atoms with Gasteiger partial charge in [0, 0.05) is 37.4 Å². The molecule has 1 unspecified atom stereocenters. The van der Waals surface area contributed by atoms with Crippen molar-refractivity contribution in [2.24, 2.45) is 5.14 Å². The second-order valence-electron chi connectivity index (χ2n) is 7.94. The molecule has 3 rings (SSSR count). The third kappa shape index (κ3) is 5.69. The summed E-state index contributed by atoms with van der Waals surface area (Å²) in [7, 11) is -3.77. The second kappa shape index (κ2) is 9.17. The topological polar surface area (TPSA) is 113 Å². The third-order valence-corrected chi connectivity index (χ3v) is 6.38. The molecule has 31 heavy (non-hydrogen) atoms. The van der Waals surface area contributed by atoms with Gasteiger partial charge in [0.1, 0.15) is 0 Å². The number of aryl methyl sites for hydroxylation is 2. The molecule has 1 aliphatic rings. The highest BCUT2D eigenvalue weighted by Crippen LogP contribution is 2.16. The quantitative estimate of drug-likeness (QED) is 0.729. The zero-order valence-corrected chi connectivity index (χ0v) is 18.8. The number of amides is 2. The van der Waals surface area contributed by atoms with E-state index in [1.165, 1.54) is 24.3 Å². The van der Waals surface area contributed by atoms with Crippen molar-refractivity contribution in [2.75, 3.05) is 31.5 Å². The van der Waals surface area contributed by atoms with Gasteiger partial charge in [0.25, 0.3) is 5.91 Å². The molecule has 0 radical (unpaired) electrons. The van der Waals surface area contributed by atoms with Crippen molar-refractivity contribution in [1.82, 2.24) is 9.80 Å². The van der Waals surface area contributed by atoms with Crippen molar-refractivity contribution in [3.63, 3.8) is 0 Å². The van der Waals surface area contributed by atoms with Gasteiger partial charge in [-0.1, -0.05) is 17.2 Å². The first-order valence-corrected chi connectivity index (χ1v) is 11.6. The summed E-state index contributed by atoms with van der Waals surface area (Å²) in [5.74, 6) is -0.184. The van der Waals surface area contributed by atoms with E-state index in [0.29, 0.717) is 37.4 Å². The molecule has 1 fully saturated rings. The van der Waals surface area contributed by atoms with Gasteiger partial charge in [0.15, 0.2) is 0 Å². The number of benzene rings is 2. The van der Waals surface area contributed by atoms with Gasteiger partial charge in [-0.3, -0.25) is 14.5 Å². The molecular weight excluding hydrogens is 416 g/mol. The van der Waals surface area contributed by atoms with E-state index in [-0.39, 0.29) is 16.7 Å². The molecule has 0 aromatic heterocycles. The molecule has 0 aliphatic carbocycles. The molecule has 2 aromatic carbocycles. The van der Waals surface area contributed by atoms with Crippen molar-refractivity contribution in [3.05, 3.63) is 59.2 Å². The van der Waals surface area contributed by atoms with Gasteiger partial charge in [0.05, 0.1) is 10.9 Å². The first-order valence-electron chi connectivity index (χ1n) is 10.1. The first kappa shape index (κ1) is 22.9. The van der Waals surface area contributed by atoms with Crippen molar-refractivity contribution >= 4 is 27.5 Å². The number of primary sulfonamides is 1. The minimum Gasteiger partial charge on any atom is -0.336 e. The average Bonchev–Trinajstić information content (AvgIpc) is 2.72. The number of carbonyl (C=O) groups is 2. The Morgan fingerprint density at radius 3 is 2.03 bits per heavy atom. The van der Waals surface area contributed by atoms with Gasteiger partial charge in [-0.25, -0.2) is 13.6 Å². The number of rotatable bonds is 5. The number of anilines is 1. The maximum absolute atomic E-state index is 12.8. The Morgan fingerprint density at radius 2 is 1.52 bits per heavy atom. The second-order valence-corrected chi connectivity index (χ2v) is 9.50. The van der Waals surface area contributed by atoms with Crippen LogP contribution < -0.4 is 10.5 Å². The van der Waals surface area contributed by atoms with Gasteiger partial charge in [-0.2, -0.15) is 0 Å². The maximum atomic E-state index is 12.8. The summed E-state index contributed by atoms with van der Waals surface area (Å²) in [6, 6.07) is 11.2. The summed E-state index contributed by atoms with van der Waals surface area (Å²) in [4.78, 5) is 29.3. The number of sulfonamides is 1. The molecule has 8 nitrogen and oxygen atoms in total. The first-order chi connectivity index (χ1) is 14.5. The van der Waals surface area contributed by atoms with Crippen LogP contribution in [0.25, 0.3) is 0 Å². The SMILES string of the molecule is Cc1cc(C)cc(C(=O)N2CCN(C(C)C(=O)Nc3ccc(S(N)(=O)=O)cc3)CC2)c1. The van der Waals surface area contributed by atoms with Crippen LogP contribution >= 0.6 is 0 Å². The molecule has 0 spiro atoms. The monoisotopic (exact) mass is 444 g/mol. The zero-order chi connectivity index (χ0) is 22.8. The Hall–Kier alpha value is -2.75. The Labute approximate surface area is 183 Å². The van der Waals surface area contributed by atoms with Gasteiger partial charge in [0.2, 0.25) is 15.9 Å². The fraction of sp³-hybridized carbons (Fsp3) is 0.364. The van der Waals surface area contributed by atoms with Crippen LogP contribution in [-0.4, -0.2) is 62.3 Å². The van der Waals surface area contributed by atoms with E-state index < -0.39 is 16.1 Å². The molecule has 1 saturated heterocycles. The minimum absolute atomic E-state index is 0.0110. The molecule has 166 valence electrons.